The quantitative estimate of drug-likeness (QED) is 0.137. The molecule has 0 spiro atoms. The van der Waals surface area contributed by atoms with E-state index in [0.717, 1.165) is 45.0 Å². The van der Waals surface area contributed by atoms with Gasteiger partial charge in [0.2, 0.25) is 9.47 Å². The molecule has 38 heavy (non-hydrogen) atoms. The summed E-state index contributed by atoms with van der Waals surface area (Å²) >= 11 is 0.454. The summed E-state index contributed by atoms with van der Waals surface area (Å²) in [6.45, 7) is 2.82. The molecule has 1 fully saturated rings. The van der Waals surface area contributed by atoms with E-state index in [9.17, 15) is 31.7 Å². The van der Waals surface area contributed by atoms with Crippen molar-refractivity contribution < 1.29 is 36.3 Å². The van der Waals surface area contributed by atoms with Gasteiger partial charge in [-0.15, -0.1) is 20.3 Å². The van der Waals surface area contributed by atoms with Gasteiger partial charge in [0, 0.05) is 6.54 Å². The topological polar surface area (TPSA) is 214 Å². The zero-order valence-electron chi connectivity index (χ0n) is 20.2. The van der Waals surface area contributed by atoms with Gasteiger partial charge >= 0.3 is 5.97 Å². The third kappa shape index (κ3) is 9.12. The fourth-order valence-electron chi connectivity index (χ4n) is 3.88. The Balaban J connectivity index is 1.41. The summed E-state index contributed by atoms with van der Waals surface area (Å²) in [6, 6.07) is 5.22. The van der Waals surface area contributed by atoms with E-state index in [1.807, 2.05) is 0 Å². The molecular weight excluding hydrogens is 564 g/mol. The zero-order valence-corrected chi connectivity index (χ0v) is 22.7. The van der Waals surface area contributed by atoms with Crippen molar-refractivity contribution in [1.29, 1.82) is 0 Å². The van der Waals surface area contributed by atoms with Crippen molar-refractivity contribution in [3.8, 4) is 0 Å². The molecule has 0 radical (unpaired) electrons. The lowest BCUT2D eigenvalue weighted by Crippen LogP contribution is -2.35. The number of aromatic nitrogens is 2. The number of nitrogens with two attached hydrogens (primary N) is 1. The van der Waals surface area contributed by atoms with Crippen LogP contribution in [0.15, 0.2) is 33.5 Å². The number of benzene rings is 1. The molecule has 1 aliphatic heterocycles. The largest absolute Gasteiger partial charge is 0.462 e. The molecule has 0 bridgehead atoms. The SMILES string of the molecule is NS(=O)(=O)c1nnc(NS(=O)(=O)c2cccc(C(=O)OCCCN3CCC(CCCO[N+](=O)[O-])CC3)c2)s1. The first kappa shape index (κ1) is 29.6. The van der Waals surface area contributed by atoms with Crippen LogP contribution in [-0.4, -0.2) is 75.8 Å². The molecule has 2 aromatic rings. The van der Waals surface area contributed by atoms with E-state index < -0.39 is 35.4 Å². The van der Waals surface area contributed by atoms with Crippen molar-refractivity contribution in [2.24, 2.45) is 11.1 Å². The molecule has 3 rings (SSSR count). The average Bonchev–Trinajstić information content (AvgIpc) is 3.34. The van der Waals surface area contributed by atoms with Crippen LogP contribution >= 0.6 is 11.3 Å². The molecule has 15 nitrogen and oxygen atoms in total. The van der Waals surface area contributed by atoms with Crippen LogP contribution in [0.3, 0.4) is 0 Å². The van der Waals surface area contributed by atoms with Gasteiger partial charge in [-0.3, -0.25) is 4.72 Å². The van der Waals surface area contributed by atoms with Crippen LogP contribution in [-0.2, 0) is 29.6 Å². The number of ether oxygens (including phenoxy) is 1. The predicted octanol–water partition coefficient (Wildman–Crippen LogP) is 1.23. The van der Waals surface area contributed by atoms with Crippen LogP contribution in [0.1, 0.15) is 42.5 Å². The maximum atomic E-state index is 12.7. The van der Waals surface area contributed by atoms with Crippen LogP contribution in [0.5, 0.6) is 0 Å². The number of rotatable bonds is 14. The number of hydrogen-bond acceptors (Lipinski definition) is 13. The number of esters is 1. The van der Waals surface area contributed by atoms with Gasteiger partial charge < -0.3 is 14.5 Å². The van der Waals surface area contributed by atoms with Crippen molar-refractivity contribution in [3.05, 3.63) is 39.9 Å². The summed E-state index contributed by atoms with van der Waals surface area (Å²) in [6.07, 6.45) is 4.14. The van der Waals surface area contributed by atoms with Crippen molar-refractivity contribution in [2.75, 3.05) is 37.6 Å². The molecule has 0 saturated carbocycles. The van der Waals surface area contributed by atoms with Crippen LogP contribution in [0.4, 0.5) is 5.13 Å². The van der Waals surface area contributed by atoms with Crippen LogP contribution < -0.4 is 9.86 Å². The molecule has 210 valence electrons. The van der Waals surface area contributed by atoms with Gasteiger partial charge in [0.05, 0.1) is 23.7 Å². The molecule has 1 aliphatic rings. The normalized spacial score (nSPS) is 15.2. The van der Waals surface area contributed by atoms with Gasteiger partial charge in [0.25, 0.3) is 25.1 Å². The molecule has 2 heterocycles. The highest BCUT2D eigenvalue weighted by Crippen LogP contribution is 2.23. The highest BCUT2D eigenvalue weighted by Gasteiger charge is 2.22. The third-order valence-electron chi connectivity index (χ3n) is 5.76. The monoisotopic (exact) mass is 592 g/mol. The number of piperidine rings is 1. The number of nitrogens with one attached hydrogen (secondary N) is 1. The Labute approximate surface area is 223 Å². The highest BCUT2D eigenvalue weighted by atomic mass is 32.2. The predicted molar refractivity (Wildman–Crippen MR) is 135 cm³/mol. The minimum atomic E-state index is -4.19. The number of nitrogens with zero attached hydrogens (tertiary/aromatic N) is 4. The number of primary sulfonamides is 1. The number of carbonyl (C=O) groups is 1. The van der Waals surface area contributed by atoms with Gasteiger partial charge in [-0.2, -0.15) is 0 Å². The van der Waals surface area contributed by atoms with Crippen molar-refractivity contribution in [2.45, 2.75) is 41.3 Å². The van der Waals surface area contributed by atoms with Crippen molar-refractivity contribution in [1.82, 2.24) is 15.1 Å². The van der Waals surface area contributed by atoms with E-state index >= 15 is 0 Å². The summed E-state index contributed by atoms with van der Waals surface area (Å²) in [4.78, 5) is 29.0. The highest BCUT2D eigenvalue weighted by molar-refractivity contribution is 7.93. The molecule has 3 N–H and O–H groups in total. The second kappa shape index (κ2) is 13.2. The summed E-state index contributed by atoms with van der Waals surface area (Å²) in [5, 5.41) is 20.9. The average molecular weight is 593 g/mol. The number of carbonyl (C=O) groups excluding carboxylic acids is 1. The number of anilines is 1. The number of sulfonamides is 2. The fourth-order valence-corrected chi connectivity index (χ4v) is 6.49. The minimum Gasteiger partial charge on any atom is -0.462 e. The summed E-state index contributed by atoms with van der Waals surface area (Å²) in [7, 11) is -8.31. The van der Waals surface area contributed by atoms with E-state index in [-0.39, 0.29) is 28.8 Å². The van der Waals surface area contributed by atoms with E-state index in [4.69, 9.17) is 9.88 Å². The Hall–Kier alpha value is -2.93. The Bertz CT molecular complexity index is 1330. The zero-order chi connectivity index (χ0) is 27.8. The van der Waals surface area contributed by atoms with E-state index in [1.165, 1.54) is 18.2 Å². The fraction of sp³-hybridized carbons (Fsp3) is 0.550. The lowest BCUT2D eigenvalue weighted by atomic mass is 9.92. The molecule has 0 amide bonds. The lowest BCUT2D eigenvalue weighted by molar-refractivity contribution is -0.757. The van der Waals surface area contributed by atoms with Crippen molar-refractivity contribution in [3.63, 3.8) is 0 Å². The Morgan fingerprint density at radius 3 is 2.58 bits per heavy atom. The Kier molecular flexibility index (Phi) is 10.3. The molecule has 1 aromatic carbocycles. The molecule has 1 saturated heterocycles. The summed E-state index contributed by atoms with van der Waals surface area (Å²) < 4.78 is 54.8. The van der Waals surface area contributed by atoms with Crippen molar-refractivity contribution >= 4 is 42.5 Å². The molecular formula is C20H28N6O9S3. The molecule has 1 aromatic heterocycles. The Morgan fingerprint density at radius 2 is 1.92 bits per heavy atom. The first-order chi connectivity index (χ1) is 17.9. The lowest BCUT2D eigenvalue weighted by Gasteiger charge is -2.31. The van der Waals surface area contributed by atoms with Crippen LogP contribution in [0, 0.1) is 16.0 Å². The van der Waals surface area contributed by atoms with Gasteiger partial charge in [0.1, 0.15) is 0 Å². The van der Waals surface area contributed by atoms with Gasteiger partial charge in [-0.1, -0.05) is 17.4 Å². The van der Waals surface area contributed by atoms with Gasteiger partial charge in [-0.05, 0) is 69.3 Å². The molecule has 0 aliphatic carbocycles. The Morgan fingerprint density at radius 1 is 1.18 bits per heavy atom. The number of hydrogen-bond donors (Lipinski definition) is 2. The van der Waals surface area contributed by atoms with Gasteiger partial charge in [0.15, 0.2) is 0 Å². The second-order valence-electron chi connectivity index (χ2n) is 8.53. The maximum Gasteiger partial charge on any atom is 0.338 e. The van der Waals surface area contributed by atoms with Crippen LogP contribution in [0.25, 0.3) is 0 Å². The number of likely N-dealkylation sites (tertiary alicyclic amines) is 1. The van der Waals surface area contributed by atoms with E-state index in [2.05, 4.69) is 24.7 Å². The summed E-state index contributed by atoms with van der Waals surface area (Å²) in [5.41, 5.74) is 0.0391. The molecule has 0 unspecified atom stereocenters. The van der Waals surface area contributed by atoms with Crippen LogP contribution in [0.2, 0.25) is 0 Å². The first-order valence-electron chi connectivity index (χ1n) is 11.6. The standard InChI is InChI=1S/C20H28N6O9S3/c21-37(30,31)20-23-22-19(36-20)24-38(32,33)17-6-1-5-16(14-17)18(27)34-12-3-9-25-10-7-15(8-11-25)4-2-13-35-26(28)29/h1,5-6,14-15H,2-4,7-13H2,(H,22,24)(H2,21,30,31). The smallest absolute Gasteiger partial charge is 0.338 e. The maximum absolute atomic E-state index is 12.7. The summed E-state index contributed by atoms with van der Waals surface area (Å²) in [5.74, 6) is -0.162. The second-order valence-corrected chi connectivity index (χ2v) is 12.9. The molecule has 18 heteroatoms. The minimum absolute atomic E-state index is 0.0391. The van der Waals surface area contributed by atoms with Gasteiger partial charge in [-0.25, -0.2) is 26.8 Å². The van der Waals surface area contributed by atoms with E-state index in [1.54, 1.807) is 0 Å². The first-order valence-corrected chi connectivity index (χ1v) is 15.4. The third-order valence-corrected chi connectivity index (χ3v) is 9.38. The van der Waals surface area contributed by atoms with E-state index in [0.29, 0.717) is 30.1 Å². The molecule has 0 atom stereocenters.